The van der Waals surface area contributed by atoms with Gasteiger partial charge in [-0.3, -0.25) is 4.79 Å². The molecule has 0 aliphatic carbocycles. The summed E-state index contributed by atoms with van der Waals surface area (Å²) in [5, 5.41) is 1.01. The fourth-order valence-electron chi connectivity index (χ4n) is 3.02. The van der Waals surface area contributed by atoms with Crippen molar-refractivity contribution in [3.05, 3.63) is 71.1 Å². The lowest BCUT2D eigenvalue weighted by atomic mass is 10.1. The zero-order valence-corrected chi connectivity index (χ0v) is 16.2. The van der Waals surface area contributed by atoms with Gasteiger partial charge in [-0.15, -0.1) is 0 Å². The molecule has 1 aliphatic heterocycles. The van der Waals surface area contributed by atoms with E-state index in [0.717, 1.165) is 23.6 Å². The molecule has 0 saturated heterocycles. The Morgan fingerprint density at radius 2 is 1.86 bits per heavy atom. The number of benzene rings is 2. The number of carbonyl (C=O) groups excluding carboxylic acids is 1. The minimum Gasteiger partial charge on any atom is -0.494 e. The highest BCUT2D eigenvalue weighted by Gasteiger charge is 2.34. The van der Waals surface area contributed by atoms with Crippen molar-refractivity contribution < 1.29 is 31.1 Å². The van der Waals surface area contributed by atoms with E-state index < -0.39 is 33.5 Å². The zero-order valence-electron chi connectivity index (χ0n) is 15.4. The maximum absolute atomic E-state index is 13.1. The van der Waals surface area contributed by atoms with Crippen LogP contribution in [0.2, 0.25) is 0 Å². The highest BCUT2D eigenvalue weighted by Crippen LogP contribution is 2.31. The molecule has 0 radical (unpaired) electrons. The molecule has 0 N–H and O–H groups in total. The first kappa shape index (κ1) is 20.9. The minimum atomic E-state index is -4.60. The maximum Gasteiger partial charge on any atom is 0.416 e. The van der Waals surface area contributed by atoms with Crippen LogP contribution in [-0.2, 0) is 16.0 Å². The van der Waals surface area contributed by atoms with E-state index in [1.807, 2.05) is 6.92 Å². The van der Waals surface area contributed by atoms with Crippen LogP contribution < -0.4 is 9.64 Å². The Balaban J connectivity index is 2.01. The smallest absolute Gasteiger partial charge is 0.416 e. The van der Waals surface area contributed by atoms with Gasteiger partial charge in [-0.1, -0.05) is 6.07 Å². The summed E-state index contributed by atoms with van der Waals surface area (Å²) in [7, 11) is -3.49. The van der Waals surface area contributed by atoms with Gasteiger partial charge in [-0.25, -0.2) is 8.42 Å². The predicted molar refractivity (Wildman–Crippen MR) is 103 cm³/mol. The van der Waals surface area contributed by atoms with E-state index >= 15 is 0 Å². The first-order chi connectivity index (χ1) is 13.6. The Bertz CT molecular complexity index is 1030. The lowest BCUT2D eigenvalue weighted by molar-refractivity contribution is -0.137. The summed E-state index contributed by atoms with van der Waals surface area (Å²) < 4.78 is 68.2. The third-order valence-corrected chi connectivity index (χ3v) is 5.70. The van der Waals surface area contributed by atoms with Crippen LogP contribution in [0.4, 0.5) is 18.9 Å². The van der Waals surface area contributed by atoms with Gasteiger partial charge < -0.3 is 9.64 Å². The average molecular weight is 425 g/mol. The van der Waals surface area contributed by atoms with Crippen LogP contribution in [0.25, 0.3) is 0 Å². The summed E-state index contributed by atoms with van der Waals surface area (Å²) in [6, 6.07) is 9.57. The summed E-state index contributed by atoms with van der Waals surface area (Å²) in [5.41, 5.74) is -0.793. The molecule has 154 valence electrons. The first-order valence-corrected chi connectivity index (χ1v) is 10.5. The van der Waals surface area contributed by atoms with E-state index in [1.54, 1.807) is 24.3 Å². The van der Waals surface area contributed by atoms with E-state index in [2.05, 4.69) is 0 Å². The van der Waals surface area contributed by atoms with Crippen molar-refractivity contribution in [2.75, 3.05) is 17.3 Å². The van der Waals surface area contributed by atoms with E-state index in [1.165, 1.54) is 17.0 Å². The zero-order chi connectivity index (χ0) is 21.2. The molecule has 0 bridgehead atoms. The monoisotopic (exact) mass is 425 g/mol. The van der Waals surface area contributed by atoms with Crippen LogP contribution in [0.5, 0.6) is 5.75 Å². The van der Waals surface area contributed by atoms with Gasteiger partial charge in [0.1, 0.15) is 5.75 Å². The highest BCUT2D eigenvalue weighted by molar-refractivity contribution is 7.94. The van der Waals surface area contributed by atoms with Crippen LogP contribution >= 0.6 is 0 Å². The van der Waals surface area contributed by atoms with Crippen molar-refractivity contribution in [1.29, 1.82) is 0 Å². The Kier molecular flexibility index (Phi) is 5.70. The summed E-state index contributed by atoms with van der Waals surface area (Å²) >= 11 is 0. The van der Waals surface area contributed by atoms with Gasteiger partial charge in [0, 0.05) is 16.7 Å². The lowest BCUT2D eigenvalue weighted by Crippen LogP contribution is -2.41. The molecule has 0 fully saturated rings. The SMILES string of the molecule is CCOc1ccc(N(C(=O)c2cccc(C(F)(F)F)c2)[C@H]2C=CS(=O)(=O)C2)cc1. The molecular formula is C20H18F3NO4S. The molecule has 0 aromatic heterocycles. The molecule has 0 spiro atoms. The van der Waals surface area contributed by atoms with Crippen molar-refractivity contribution >= 4 is 21.4 Å². The lowest BCUT2D eigenvalue weighted by Gasteiger charge is -2.28. The molecule has 29 heavy (non-hydrogen) atoms. The van der Waals surface area contributed by atoms with Gasteiger partial charge >= 0.3 is 6.18 Å². The molecule has 9 heteroatoms. The molecule has 1 amide bonds. The fourth-order valence-corrected chi connectivity index (χ4v) is 4.28. The number of anilines is 1. The number of sulfone groups is 1. The standard InChI is InChI=1S/C20H18F3NO4S/c1-2-28-18-8-6-16(7-9-18)24(17-10-11-29(26,27)13-17)19(25)14-4-3-5-15(12-14)20(21,22)23/h3-12,17H,2,13H2,1H3/t17-/m0/s1. The Morgan fingerprint density at radius 1 is 1.17 bits per heavy atom. The summed E-state index contributed by atoms with van der Waals surface area (Å²) in [6.07, 6.45) is -3.24. The second-order valence-electron chi connectivity index (χ2n) is 6.41. The maximum atomic E-state index is 13.1. The average Bonchev–Trinajstić information content (AvgIpc) is 3.02. The Labute approximate surface area is 166 Å². The van der Waals surface area contributed by atoms with Crippen LogP contribution in [0.3, 0.4) is 0 Å². The molecule has 0 saturated carbocycles. The molecular weight excluding hydrogens is 407 g/mol. The number of alkyl halides is 3. The Morgan fingerprint density at radius 3 is 2.41 bits per heavy atom. The van der Waals surface area contributed by atoms with Crippen molar-refractivity contribution in [3.8, 4) is 5.75 Å². The first-order valence-electron chi connectivity index (χ1n) is 8.75. The summed E-state index contributed by atoms with van der Waals surface area (Å²) in [4.78, 5) is 14.3. The second kappa shape index (κ2) is 7.90. The number of ether oxygens (including phenoxy) is 1. The van der Waals surface area contributed by atoms with Crippen LogP contribution in [0, 0.1) is 0 Å². The van der Waals surface area contributed by atoms with Crippen molar-refractivity contribution in [2.24, 2.45) is 0 Å². The van der Waals surface area contributed by atoms with Crippen molar-refractivity contribution in [1.82, 2.24) is 0 Å². The van der Waals surface area contributed by atoms with Crippen LogP contribution in [-0.4, -0.2) is 32.7 Å². The molecule has 1 aliphatic rings. The van der Waals surface area contributed by atoms with Crippen molar-refractivity contribution in [2.45, 2.75) is 19.1 Å². The number of amides is 1. The fraction of sp³-hybridized carbons (Fsp3) is 0.250. The minimum absolute atomic E-state index is 0.189. The second-order valence-corrected chi connectivity index (χ2v) is 8.34. The third-order valence-electron chi connectivity index (χ3n) is 4.32. The quantitative estimate of drug-likeness (QED) is 0.725. The summed E-state index contributed by atoms with van der Waals surface area (Å²) in [5.74, 6) is -0.519. The molecule has 2 aromatic rings. The number of hydrogen-bond donors (Lipinski definition) is 0. The number of rotatable bonds is 5. The molecule has 5 nitrogen and oxygen atoms in total. The molecule has 3 rings (SSSR count). The molecule has 0 unspecified atom stereocenters. The van der Waals surface area contributed by atoms with E-state index in [-0.39, 0.29) is 11.3 Å². The van der Waals surface area contributed by atoms with Gasteiger partial charge in [-0.2, -0.15) is 13.2 Å². The highest BCUT2D eigenvalue weighted by atomic mass is 32.2. The largest absolute Gasteiger partial charge is 0.494 e. The van der Waals surface area contributed by atoms with Gasteiger partial charge in [0.05, 0.1) is 24.0 Å². The molecule has 1 atom stereocenters. The third kappa shape index (κ3) is 4.79. The topological polar surface area (TPSA) is 63.7 Å². The molecule has 2 aromatic carbocycles. The predicted octanol–water partition coefficient (Wildman–Crippen LogP) is 4.06. The van der Waals surface area contributed by atoms with E-state index in [9.17, 15) is 26.4 Å². The molecule has 1 heterocycles. The summed E-state index contributed by atoms with van der Waals surface area (Å²) in [6.45, 7) is 2.25. The van der Waals surface area contributed by atoms with E-state index in [4.69, 9.17) is 4.74 Å². The van der Waals surface area contributed by atoms with Gasteiger partial charge in [0.15, 0.2) is 9.84 Å². The van der Waals surface area contributed by atoms with Crippen LogP contribution in [0.1, 0.15) is 22.8 Å². The number of nitrogens with zero attached hydrogens (tertiary/aromatic N) is 1. The van der Waals surface area contributed by atoms with E-state index in [0.29, 0.717) is 18.0 Å². The normalized spacial score (nSPS) is 17.9. The number of carbonyl (C=O) groups is 1. The Hall–Kier alpha value is -2.81. The van der Waals surface area contributed by atoms with Crippen molar-refractivity contribution in [3.63, 3.8) is 0 Å². The number of halogens is 3. The van der Waals surface area contributed by atoms with Gasteiger partial charge in [0.25, 0.3) is 5.91 Å². The van der Waals surface area contributed by atoms with Gasteiger partial charge in [-0.05, 0) is 55.5 Å². The van der Waals surface area contributed by atoms with Gasteiger partial charge in [0.2, 0.25) is 0 Å². The number of hydrogen-bond acceptors (Lipinski definition) is 4. The van der Waals surface area contributed by atoms with Crippen LogP contribution in [0.15, 0.2) is 60.0 Å².